The second kappa shape index (κ2) is 11.2. The van der Waals surface area contributed by atoms with Crippen molar-refractivity contribution in [3.63, 3.8) is 0 Å². The zero-order chi connectivity index (χ0) is 34.5. The van der Waals surface area contributed by atoms with E-state index in [0.717, 1.165) is 95.2 Å². The first-order valence-electron chi connectivity index (χ1n) is 22.4. The maximum absolute atomic E-state index is 7.82. The minimum atomic E-state index is -2.63. The van der Waals surface area contributed by atoms with E-state index in [4.69, 9.17) is 35.4 Å². The van der Waals surface area contributed by atoms with Crippen molar-refractivity contribution in [1.29, 1.82) is 0 Å². The Morgan fingerprint density at radius 3 is 0.750 bits per heavy atom. The first-order valence-corrected chi connectivity index (χ1v) is 32.5. The minimum Gasteiger partial charge on any atom is -0.416 e. The van der Waals surface area contributed by atoms with Gasteiger partial charge in [0.25, 0.3) is 0 Å². The highest BCUT2D eigenvalue weighted by atomic mass is 28.5. The van der Waals surface area contributed by atoms with Gasteiger partial charge in [-0.25, -0.2) is 0 Å². The Morgan fingerprint density at radius 2 is 0.558 bits per heavy atom. The van der Waals surface area contributed by atoms with E-state index < -0.39 is 34.2 Å². The van der Waals surface area contributed by atoms with Crippen LogP contribution in [-0.2, 0) is 35.4 Å². The Bertz CT molecular complexity index is 1280. The number of rotatable bonds is 12. The predicted molar refractivity (Wildman–Crippen MR) is 202 cm³/mol. The lowest BCUT2D eigenvalue weighted by Crippen LogP contribution is -2.67. The number of epoxide rings is 4. The number of ether oxygens (including phenoxy) is 4. The summed E-state index contributed by atoms with van der Waals surface area (Å²) in [6.45, 7) is 9.80. The van der Waals surface area contributed by atoms with Gasteiger partial charge in [-0.3, -0.25) is 0 Å². The Kier molecular flexibility index (Phi) is 7.20. The van der Waals surface area contributed by atoms with E-state index in [-0.39, 0.29) is 0 Å². The molecule has 5 aliphatic heterocycles. The van der Waals surface area contributed by atoms with Gasteiger partial charge >= 0.3 is 34.2 Å². The summed E-state index contributed by atoms with van der Waals surface area (Å²) in [4.78, 5) is 0. The van der Waals surface area contributed by atoms with Gasteiger partial charge in [-0.1, -0.05) is 0 Å². The third-order valence-electron chi connectivity index (χ3n) is 18.5. The summed E-state index contributed by atoms with van der Waals surface area (Å²) in [5.74, 6) is 9.44. The lowest BCUT2D eigenvalue weighted by atomic mass is 9.87. The molecule has 0 aromatic rings. The lowest BCUT2D eigenvalue weighted by molar-refractivity contribution is 0.204. The summed E-state index contributed by atoms with van der Waals surface area (Å²) in [5, 5.41) is 0. The molecule has 20 unspecified atom stereocenters. The maximum atomic E-state index is 7.82. The van der Waals surface area contributed by atoms with Crippen molar-refractivity contribution in [2.45, 2.75) is 176 Å². The summed E-state index contributed by atoms with van der Waals surface area (Å²) in [7, 11) is -10.5. The molecule has 13 rings (SSSR count). The lowest BCUT2D eigenvalue weighted by Gasteiger charge is -2.51. The average Bonchev–Trinajstić information content (AvgIpc) is 4.09. The van der Waals surface area contributed by atoms with Gasteiger partial charge in [0.15, 0.2) is 0 Å². The van der Waals surface area contributed by atoms with Gasteiger partial charge in [0.2, 0.25) is 0 Å². The Hall–Kier alpha value is 0.548. The molecule has 8 bridgehead atoms. The normalized spacial score (nSPS) is 65.8. The van der Waals surface area contributed by atoms with Crippen LogP contribution in [0.5, 0.6) is 0 Å². The molecule has 0 aromatic carbocycles. The van der Waals surface area contributed by atoms with Crippen molar-refractivity contribution >= 4 is 34.2 Å². The highest BCUT2D eigenvalue weighted by Gasteiger charge is 2.67. The van der Waals surface area contributed by atoms with Crippen molar-refractivity contribution in [2.24, 2.45) is 71.0 Å². The van der Waals surface area contributed by atoms with Crippen LogP contribution in [0.3, 0.4) is 0 Å². The van der Waals surface area contributed by atoms with Crippen LogP contribution in [0.15, 0.2) is 0 Å². The summed E-state index contributed by atoms with van der Waals surface area (Å²) in [5.41, 5.74) is 0. The molecule has 0 amide bonds. The first kappa shape index (κ1) is 33.5. The molecule has 13 fully saturated rings. The second-order valence-corrected chi connectivity index (χ2v) is 36.3. The van der Waals surface area contributed by atoms with Crippen molar-refractivity contribution in [1.82, 2.24) is 0 Å². The largest absolute Gasteiger partial charge is 0.416 e. The monoisotopic (exact) mass is 784 g/mol. The Labute approximate surface area is 315 Å². The summed E-state index contributed by atoms with van der Waals surface area (Å²) in [6.07, 6.45) is 20.6. The Balaban J connectivity index is 0.776. The smallest absolute Gasteiger partial charge is 0.317 e. The molecule has 288 valence electrons. The zero-order valence-corrected chi connectivity index (χ0v) is 36.1. The fourth-order valence-corrected chi connectivity index (χ4v) is 40.0. The van der Waals surface area contributed by atoms with Crippen LogP contribution in [0.4, 0.5) is 0 Å². The summed E-state index contributed by atoms with van der Waals surface area (Å²) in [6, 6.07) is 4.33. The van der Waals surface area contributed by atoms with Gasteiger partial charge in [-0.2, -0.15) is 0 Å². The maximum Gasteiger partial charge on any atom is 0.317 e. The molecule has 0 spiro atoms. The van der Waals surface area contributed by atoms with E-state index in [1.54, 1.807) is 0 Å². The van der Waals surface area contributed by atoms with Gasteiger partial charge < -0.3 is 35.4 Å². The van der Waals surface area contributed by atoms with E-state index in [0.29, 0.717) is 48.8 Å². The SMILES string of the molecule is C[Si]1(CCC2CC3CC2C2OC32)O[Si](C)(CCC2CC3CC2C2OC32)O[Si](C)(CCC2CC3CC2C2OC32)O[Si](C)(CCC2CC3CC2C2OC32)O1. The van der Waals surface area contributed by atoms with E-state index in [9.17, 15) is 0 Å². The van der Waals surface area contributed by atoms with Gasteiger partial charge in [0, 0.05) is 0 Å². The summed E-state index contributed by atoms with van der Waals surface area (Å²) >= 11 is 0. The van der Waals surface area contributed by atoms with Crippen LogP contribution < -0.4 is 0 Å². The quantitative estimate of drug-likeness (QED) is 0.148. The third kappa shape index (κ3) is 5.33. The van der Waals surface area contributed by atoms with E-state index in [2.05, 4.69) is 26.2 Å². The molecule has 8 aliphatic carbocycles. The molecule has 52 heavy (non-hydrogen) atoms. The molecule has 5 saturated heterocycles. The molecule has 0 aromatic heterocycles. The van der Waals surface area contributed by atoms with Crippen LogP contribution in [0, 0.1) is 71.0 Å². The second-order valence-electron chi connectivity index (χ2n) is 22.0. The van der Waals surface area contributed by atoms with Gasteiger partial charge in [0.1, 0.15) is 0 Å². The fourth-order valence-electron chi connectivity index (χ4n) is 16.4. The fraction of sp³-hybridized carbons (Fsp3) is 1.00. The first-order chi connectivity index (χ1) is 25.0. The van der Waals surface area contributed by atoms with Gasteiger partial charge in [-0.15, -0.1) is 0 Å². The van der Waals surface area contributed by atoms with Crippen molar-refractivity contribution < 1.29 is 35.4 Å². The standard InChI is InChI=1S/C40H64O8Si4/c1-49(9-5-21-13-25-17-29(21)37-33(25)41-37)45-50(2,10-6-22-14-26-18-30(22)38-34(26)42-38)47-52(4,12-8-24-16-28-20-32(24)40-36(28)44-40)48-51(3,46-49)11-7-23-15-27-19-31(23)39-35(27)43-39/h21-40H,5-20H2,1-4H3. The van der Waals surface area contributed by atoms with E-state index >= 15 is 0 Å². The van der Waals surface area contributed by atoms with Crippen molar-refractivity contribution in [3.05, 3.63) is 0 Å². The molecule has 8 nitrogen and oxygen atoms in total. The van der Waals surface area contributed by atoms with Crippen LogP contribution in [0.1, 0.15) is 77.0 Å². The zero-order valence-electron chi connectivity index (χ0n) is 32.1. The molecule has 12 heteroatoms. The molecule has 5 heterocycles. The van der Waals surface area contributed by atoms with Crippen molar-refractivity contribution in [2.75, 3.05) is 0 Å². The highest BCUT2D eigenvalue weighted by molar-refractivity contribution is 6.93. The number of hydrogen-bond acceptors (Lipinski definition) is 8. The van der Waals surface area contributed by atoms with Crippen LogP contribution in [-0.4, -0.2) is 83.1 Å². The van der Waals surface area contributed by atoms with Crippen molar-refractivity contribution in [3.8, 4) is 0 Å². The topological polar surface area (TPSA) is 87.0 Å². The van der Waals surface area contributed by atoms with Crippen LogP contribution >= 0.6 is 0 Å². The molecule has 0 N–H and O–H groups in total. The molecular weight excluding hydrogens is 721 g/mol. The average molecular weight is 785 g/mol. The summed E-state index contributed by atoms with van der Waals surface area (Å²) < 4.78 is 55.8. The predicted octanol–water partition coefficient (Wildman–Crippen LogP) is 7.61. The number of hydrogen-bond donors (Lipinski definition) is 0. The molecule has 20 atom stereocenters. The molecule has 8 saturated carbocycles. The van der Waals surface area contributed by atoms with Gasteiger partial charge in [0.05, 0.1) is 48.8 Å². The highest BCUT2D eigenvalue weighted by Crippen LogP contribution is 2.63. The van der Waals surface area contributed by atoms with Gasteiger partial charge in [-0.05, 0) is 198 Å². The van der Waals surface area contributed by atoms with E-state index in [1.165, 1.54) is 77.0 Å². The third-order valence-corrected chi connectivity index (χ3v) is 37.1. The van der Waals surface area contributed by atoms with Crippen LogP contribution in [0.2, 0.25) is 50.4 Å². The number of fused-ring (bicyclic) bond motifs is 20. The molecule has 13 aliphatic rings. The molecular formula is C40H64O8Si4. The molecule has 0 radical (unpaired) electrons. The minimum absolute atomic E-state index is 0.566. The Morgan fingerprint density at radius 1 is 0.327 bits per heavy atom. The van der Waals surface area contributed by atoms with E-state index in [1.807, 2.05) is 0 Å². The van der Waals surface area contributed by atoms with Crippen LogP contribution in [0.25, 0.3) is 0 Å².